The standard InChI is InChI=1S/C26H18N2O3S2/c29-24-21(14-15-7-9-17(10-8-15)25(30)31)33-26-27-22-18-5-2-1-4-16(18)11-12-19(22)23(28(24)26)20-6-3-13-32-20/h1-10,13-14,23H,11-12H2,(H,30,31)/b21-14-/t23-/m1/s1. The number of carboxylic acids is 1. The Bertz CT molecular complexity index is 1610. The van der Waals surface area contributed by atoms with Crippen molar-refractivity contribution in [2.75, 3.05) is 0 Å². The van der Waals surface area contributed by atoms with E-state index in [0.717, 1.165) is 34.5 Å². The predicted molar refractivity (Wildman–Crippen MR) is 130 cm³/mol. The first kappa shape index (κ1) is 20.1. The molecular weight excluding hydrogens is 452 g/mol. The van der Waals surface area contributed by atoms with Crippen LogP contribution in [0.2, 0.25) is 0 Å². The highest BCUT2D eigenvalue weighted by Gasteiger charge is 2.32. The van der Waals surface area contributed by atoms with E-state index >= 15 is 0 Å². The zero-order valence-electron chi connectivity index (χ0n) is 17.4. The number of allylic oxidation sites excluding steroid dienone is 1. The lowest BCUT2D eigenvalue weighted by Crippen LogP contribution is -2.38. The maximum atomic E-state index is 13.6. The summed E-state index contributed by atoms with van der Waals surface area (Å²) in [6, 6.07) is 18.9. The Morgan fingerprint density at radius 3 is 2.64 bits per heavy atom. The summed E-state index contributed by atoms with van der Waals surface area (Å²) in [4.78, 5) is 31.6. The lowest BCUT2D eigenvalue weighted by molar-refractivity contribution is 0.0697. The zero-order chi connectivity index (χ0) is 22.5. The molecular formula is C26H18N2O3S2. The largest absolute Gasteiger partial charge is 0.478 e. The van der Waals surface area contributed by atoms with Crippen LogP contribution >= 0.6 is 22.7 Å². The molecule has 3 heterocycles. The zero-order valence-corrected chi connectivity index (χ0v) is 19.0. The van der Waals surface area contributed by atoms with E-state index in [4.69, 9.17) is 10.1 Å². The van der Waals surface area contributed by atoms with Gasteiger partial charge in [0.25, 0.3) is 5.56 Å². The Morgan fingerprint density at radius 1 is 1.06 bits per heavy atom. The molecule has 33 heavy (non-hydrogen) atoms. The molecule has 0 saturated heterocycles. The summed E-state index contributed by atoms with van der Waals surface area (Å²) in [7, 11) is 0. The van der Waals surface area contributed by atoms with Crippen LogP contribution in [0, 0.1) is 0 Å². The highest BCUT2D eigenvalue weighted by Crippen LogP contribution is 2.42. The Labute approximate surface area is 196 Å². The second-order valence-electron chi connectivity index (χ2n) is 8.06. The molecule has 5 nitrogen and oxygen atoms in total. The molecule has 1 atom stereocenters. The normalized spacial score (nSPS) is 17.2. The summed E-state index contributed by atoms with van der Waals surface area (Å²) in [5.74, 6) is -0.970. The van der Waals surface area contributed by atoms with Crippen LogP contribution in [-0.4, -0.2) is 15.6 Å². The van der Waals surface area contributed by atoms with Crippen molar-refractivity contribution in [1.29, 1.82) is 0 Å². The van der Waals surface area contributed by atoms with Gasteiger partial charge in [0.2, 0.25) is 0 Å². The van der Waals surface area contributed by atoms with E-state index in [0.29, 0.717) is 9.33 Å². The van der Waals surface area contributed by atoms with Gasteiger partial charge >= 0.3 is 5.97 Å². The van der Waals surface area contributed by atoms with Crippen LogP contribution in [0.1, 0.15) is 44.4 Å². The number of carboxylic acid groups (broad SMARTS) is 1. The van der Waals surface area contributed by atoms with Gasteiger partial charge in [-0.2, -0.15) is 0 Å². The topological polar surface area (TPSA) is 71.7 Å². The van der Waals surface area contributed by atoms with E-state index in [2.05, 4.69) is 24.3 Å². The van der Waals surface area contributed by atoms with Gasteiger partial charge in [0.05, 0.1) is 21.8 Å². The number of rotatable bonds is 3. The fourth-order valence-electron chi connectivity index (χ4n) is 4.59. The number of aromatic carboxylic acids is 1. The Morgan fingerprint density at radius 2 is 1.88 bits per heavy atom. The third kappa shape index (κ3) is 3.32. The molecule has 6 rings (SSSR count). The number of nitrogens with zero attached hydrogens (tertiary/aromatic N) is 2. The maximum Gasteiger partial charge on any atom is 0.335 e. The molecule has 1 aliphatic carbocycles. The molecule has 2 aromatic heterocycles. The second kappa shape index (κ2) is 7.79. The lowest BCUT2D eigenvalue weighted by atomic mass is 9.85. The molecule has 0 bridgehead atoms. The van der Waals surface area contributed by atoms with Crippen LogP contribution in [0.25, 0.3) is 11.8 Å². The van der Waals surface area contributed by atoms with Crippen molar-refractivity contribution in [2.24, 2.45) is 4.99 Å². The number of hydrogen-bond acceptors (Lipinski definition) is 5. The van der Waals surface area contributed by atoms with Gasteiger partial charge in [-0.15, -0.1) is 11.3 Å². The van der Waals surface area contributed by atoms with Crippen molar-refractivity contribution < 1.29 is 9.90 Å². The van der Waals surface area contributed by atoms with E-state index in [1.807, 2.05) is 28.2 Å². The van der Waals surface area contributed by atoms with Crippen molar-refractivity contribution in [3.8, 4) is 0 Å². The highest BCUT2D eigenvalue weighted by molar-refractivity contribution is 7.10. The molecule has 2 aromatic carbocycles. The van der Waals surface area contributed by atoms with Crippen molar-refractivity contribution in [1.82, 2.24) is 4.57 Å². The molecule has 0 radical (unpaired) electrons. The lowest BCUT2D eigenvalue weighted by Gasteiger charge is -2.30. The van der Waals surface area contributed by atoms with Gasteiger partial charge in [0.1, 0.15) is 0 Å². The first-order chi connectivity index (χ1) is 16.1. The summed E-state index contributed by atoms with van der Waals surface area (Å²) in [6.45, 7) is 0. The number of aryl methyl sites for hydroxylation is 1. The van der Waals surface area contributed by atoms with Crippen molar-refractivity contribution in [3.63, 3.8) is 0 Å². The van der Waals surface area contributed by atoms with Crippen LogP contribution in [-0.2, 0) is 6.42 Å². The van der Waals surface area contributed by atoms with E-state index in [1.54, 1.807) is 35.6 Å². The number of thiophene rings is 1. The number of carbonyl (C=O) groups is 1. The summed E-state index contributed by atoms with van der Waals surface area (Å²) in [5.41, 5.74) is 5.58. The minimum atomic E-state index is -0.970. The number of aromatic nitrogens is 1. The molecule has 7 heteroatoms. The van der Waals surface area contributed by atoms with E-state index in [1.165, 1.54) is 22.5 Å². The van der Waals surface area contributed by atoms with Gasteiger partial charge in [-0.25, -0.2) is 9.79 Å². The van der Waals surface area contributed by atoms with Gasteiger partial charge in [-0.3, -0.25) is 9.36 Å². The van der Waals surface area contributed by atoms with Crippen LogP contribution in [0.15, 0.2) is 81.4 Å². The van der Waals surface area contributed by atoms with Gasteiger partial charge < -0.3 is 5.11 Å². The fraction of sp³-hybridized carbons (Fsp3) is 0.115. The molecule has 0 saturated carbocycles. The highest BCUT2D eigenvalue weighted by atomic mass is 32.1. The molecule has 0 amide bonds. The van der Waals surface area contributed by atoms with Crippen LogP contribution < -0.4 is 14.9 Å². The number of benzene rings is 2. The monoisotopic (exact) mass is 470 g/mol. The average molecular weight is 471 g/mol. The Kier molecular flexibility index (Phi) is 4.74. The molecule has 162 valence electrons. The summed E-state index contributed by atoms with van der Waals surface area (Å²) in [6.07, 6.45) is 3.63. The van der Waals surface area contributed by atoms with E-state index in [9.17, 15) is 9.59 Å². The van der Waals surface area contributed by atoms with Gasteiger partial charge in [0, 0.05) is 10.4 Å². The van der Waals surface area contributed by atoms with Crippen molar-refractivity contribution in [3.05, 3.63) is 118 Å². The summed E-state index contributed by atoms with van der Waals surface area (Å²) >= 11 is 3.04. The second-order valence-corrected chi connectivity index (χ2v) is 10.0. The Balaban J connectivity index is 1.57. The first-order valence-corrected chi connectivity index (χ1v) is 12.3. The smallest absolute Gasteiger partial charge is 0.335 e. The van der Waals surface area contributed by atoms with Crippen LogP contribution in [0.5, 0.6) is 0 Å². The summed E-state index contributed by atoms with van der Waals surface area (Å²) in [5, 5.41) is 11.2. The fourth-order valence-corrected chi connectivity index (χ4v) is 6.44. The van der Waals surface area contributed by atoms with Crippen LogP contribution in [0.4, 0.5) is 0 Å². The van der Waals surface area contributed by atoms with E-state index in [-0.39, 0.29) is 17.2 Å². The Hall–Kier alpha value is -3.55. The molecule has 1 aliphatic heterocycles. The maximum absolute atomic E-state index is 13.6. The molecule has 0 spiro atoms. The van der Waals surface area contributed by atoms with Gasteiger partial charge in [-0.1, -0.05) is 53.8 Å². The minimum Gasteiger partial charge on any atom is -0.478 e. The number of hydrogen-bond donors (Lipinski definition) is 1. The quantitative estimate of drug-likeness (QED) is 0.491. The van der Waals surface area contributed by atoms with Gasteiger partial charge in [0.15, 0.2) is 4.80 Å². The molecule has 1 N–H and O–H groups in total. The number of fused-ring (bicyclic) bond motifs is 3. The minimum absolute atomic E-state index is 0.0649. The van der Waals surface area contributed by atoms with Gasteiger partial charge in [-0.05, 0) is 59.2 Å². The summed E-state index contributed by atoms with van der Waals surface area (Å²) < 4.78 is 2.42. The first-order valence-electron chi connectivity index (χ1n) is 10.6. The average Bonchev–Trinajstić information content (AvgIpc) is 3.47. The third-order valence-electron chi connectivity index (χ3n) is 6.14. The predicted octanol–water partition coefficient (Wildman–Crippen LogP) is 4.08. The molecule has 4 aromatic rings. The molecule has 0 unspecified atom stereocenters. The number of thiazole rings is 1. The third-order valence-corrected chi connectivity index (χ3v) is 8.05. The van der Waals surface area contributed by atoms with Crippen molar-refractivity contribution >= 4 is 40.4 Å². The molecule has 2 aliphatic rings. The van der Waals surface area contributed by atoms with E-state index < -0.39 is 5.97 Å². The molecule has 0 fully saturated rings. The van der Waals surface area contributed by atoms with Crippen LogP contribution in [0.3, 0.4) is 0 Å². The van der Waals surface area contributed by atoms with Crippen molar-refractivity contribution in [2.45, 2.75) is 18.9 Å². The SMILES string of the molecule is O=C(O)c1ccc(/C=c2\sc3n(c2=O)[C@@H](c2cccs2)C2=C(N=3)c3ccccc3CC2)cc1.